The molecule has 1 atom stereocenters. The second-order valence-electron chi connectivity index (χ2n) is 3.28. The van der Waals surface area contributed by atoms with Crippen LogP contribution in [-0.2, 0) is 0 Å². The van der Waals surface area contributed by atoms with Crippen LogP contribution in [0.15, 0.2) is 0 Å². The van der Waals surface area contributed by atoms with Gasteiger partial charge in [0, 0.05) is 0 Å². The van der Waals surface area contributed by atoms with Crippen LogP contribution < -0.4 is 0 Å². The van der Waals surface area contributed by atoms with Crippen molar-refractivity contribution in [3.05, 3.63) is 6.42 Å². The van der Waals surface area contributed by atoms with Crippen LogP contribution >= 0.6 is 0 Å². The van der Waals surface area contributed by atoms with E-state index in [1.165, 1.54) is 19.3 Å². The highest BCUT2D eigenvalue weighted by molar-refractivity contribution is 4.73. The highest BCUT2D eigenvalue weighted by Crippen LogP contribution is 2.20. The predicted octanol–water partition coefficient (Wildman–Crippen LogP) is 3.55. The van der Waals surface area contributed by atoms with Gasteiger partial charge in [0.1, 0.15) is 0 Å². The molecule has 0 saturated heterocycles. The highest BCUT2D eigenvalue weighted by atomic mass is 14.1. The summed E-state index contributed by atoms with van der Waals surface area (Å²) in [5, 5.41) is 0. The topological polar surface area (TPSA) is 0 Å². The fourth-order valence-electron chi connectivity index (χ4n) is 1.24. The Morgan fingerprint density at radius 1 is 1.30 bits per heavy atom. The maximum absolute atomic E-state index is 3.34. The predicted molar refractivity (Wildman–Crippen MR) is 46.8 cm³/mol. The minimum Gasteiger partial charge on any atom is -0.0654 e. The first-order valence-electron chi connectivity index (χ1n) is 4.39. The zero-order valence-corrected chi connectivity index (χ0v) is 7.78. The van der Waals surface area contributed by atoms with E-state index < -0.39 is 0 Å². The van der Waals surface area contributed by atoms with E-state index in [0.29, 0.717) is 0 Å². The summed E-state index contributed by atoms with van der Waals surface area (Å²) in [6.45, 7) is 8.85. The van der Waals surface area contributed by atoms with Crippen LogP contribution in [0.1, 0.15) is 47.0 Å². The summed E-state index contributed by atoms with van der Waals surface area (Å²) in [5.41, 5.74) is 0. The lowest BCUT2D eigenvalue weighted by Gasteiger charge is -2.17. The Balaban J connectivity index is 3.40. The van der Waals surface area contributed by atoms with Gasteiger partial charge >= 0.3 is 0 Å². The van der Waals surface area contributed by atoms with Crippen LogP contribution in [-0.4, -0.2) is 0 Å². The summed E-state index contributed by atoms with van der Waals surface area (Å²) in [6, 6.07) is 0. The Bertz CT molecular complexity index is 64.4. The minimum absolute atomic E-state index is 0.722. The quantitative estimate of drug-likeness (QED) is 0.548. The van der Waals surface area contributed by atoms with Crippen LogP contribution in [0.5, 0.6) is 0 Å². The molecule has 0 aliphatic carbocycles. The second-order valence-corrected chi connectivity index (χ2v) is 3.28. The van der Waals surface area contributed by atoms with E-state index in [0.717, 1.165) is 11.8 Å². The molecule has 0 aliphatic rings. The molecule has 0 fully saturated rings. The van der Waals surface area contributed by atoms with E-state index >= 15 is 0 Å². The maximum Gasteiger partial charge on any atom is -0.0171 e. The van der Waals surface area contributed by atoms with Crippen molar-refractivity contribution in [1.82, 2.24) is 0 Å². The van der Waals surface area contributed by atoms with Gasteiger partial charge in [-0.2, -0.15) is 0 Å². The first-order chi connectivity index (χ1) is 4.72. The van der Waals surface area contributed by atoms with Gasteiger partial charge in [0.05, 0.1) is 0 Å². The second kappa shape index (κ2) is 5.76. The molecule has 0 nitrogen and oxygen atoms in total. The zero-order valence-electron chi connectivity index (χ0n) is 7.78. The van der Waals surface area contributed by atoms with Crippen molar-refractivity contribution in [3.8, 4) is 0 Å². The van der Waals surface area contributed by atoms with Gasteiger partial charge in [-0.25, -0.2) is 0 Å². The van der Waals surface area contributed by atoms with E-state index in [4.69, 9.17) is 0 Å². The Morgan fingerprint density at radius 2 is 1.90 bits per heavy atom. The first kappa shape index (κ1) is 10.0. The molecule has 10 heavy (non-hydrogen) atoms. The van der Waals surface area contributed by atoms with Crippen molar-refractivity contribution < 1.29 is 0 Å². The van der Waals surface area contributed by atoms with Crippen molar-refractivity contribution in [2.24, 2.45) is 11.8 Å². The van der Waals surface area contributed by atoms with Crippen LogP contribution in [0, 0.1) is 18.3 Å². The van der Waals surface area contributed by atoms with Gasteiger partial charge in [-0.3, -0.25) is 0 Å². The van der Waals surface area contributed by atoms with E-state index in [2.05, 4.69) is 34.1 Å². The molecule has 0 aromatic rings. The first-order valence-corrected chi connectivity index (χ1v) is 4.39. The van der Waals surface area contributed by atoms with Gasteiger partial charge < -0.3 is 0 Å². The van der Waals surface area contributed by atoms with Crippen LogP contribution in [0.3, 0.4) is 0 Å². The number of hydrogen-bond donors (Lipinski definition) is 0. The fourth-order valence-corrected chi connectivity index (χ4v) is 1.24. The fraction of sp³-hybridized carbons (Fsp3) is 0.900. The molecule has 0 bridgehead atoms. The number of unbranched alkanes of at least 4 members (excludes halogenated alkanes) is 1. The molecule has 0 aromatic carbocycles. The molecule has 0 aliphatic heterocycles. The minimum atomic E-state index is 0.722. The maximum atomic E-state index is 3.34. The van der Waals surface area contributed by atoms with Crippen LogP contribution in [0.2, 0.25) is 0 Å². The molecule has 0 rings (SSSR count). The van der Waals surface area contributed by atoms with Gasteiger partial charge in [-0.15, -0.1) is 0 Å². The molecule has 0 amide bonds. The summed E-state index contributed by atoms with van der Waals surface area (Å²) in [7, 11) is 0. The molecule has 60 valence electrons. The van der Waals surface area contributed by atoms with E-state index in [9.17, 15) is 0 Å². The lowest BCUT2D eigenvalue weighted by Crippen LogP contribution is -2.07. The lowest BCUT2D eigenvalue weighted by atomic mass is 9.89. The number of hydrogen-bond acceptors (Lipinski definition) is 0. The molecule has 1 unspecified atom stereocenters. The summed E-state index contributed by atoms with van der Waals surface area (Å²) < 4.78 is 0. The molecule has 0 spiro atoms. The monoisotopic (exact) mass is 140 g/mol. The smallest absolute Gasteiger partial charge is 0.0171 e. The van der Waals surface area contributed by atoms with Crippen molar-refractivity contribution >= 4 is 0 Å². The third-order valence-electron chi connectivity index (χ3n) is 2.04. The summed E-state index contributed by atoms with van der Waals surface area (Å²) in [4.78, 5) is 0. The summed E-state index contributed by atoms with van der Waals surface area (Å²) in [5.74, 6) is 1.50. The molecule has 2 radical (unpaired) electrons. The molecule has 0 heterocycles. The Morgan fingerprint density at radius 3 is 2.20 bits per heavy atom. The Hall–Kier alpha value is 0. The van der Waals surface area contributed by atoms with Gasteiger partial charge in [-0.1, -0.05) is 40.5 Å². The molecular weight excluding hydrogens is 120 g/mol. The van der Waals surface area contributed by atoms with E-state index in [-0.39, 0.29) is 0 Å². The molecule has 0 heteroatoms. The SMILES string of the molecule is C[C]C(CCCC)C(C)C. The molecular formula is C10H20. The third-order valence-corrected chi connectivity index (χ3v) is 2.04. The summed E-state index contributed by atoms with van der Waals surface area (Å²) in [6.07, 6.45) is 7.32. The largest absolute Gasteiger partial charge is 0.0654 e. The van der Waals surface area contributed by atoms with E-state index in [1.54, 1.807) is 0 Å². The average molecular weight is 140 g/mol. The van der Waals surface area contributed by atoms with Crippen molar-refractivity contribution in [2.45, 2.75) is 47.0 Å². The van der Waals surface area contributed by atoms with Crippen molar-refractivity contribution in [1.29, 1.82) is 0 Å². The lowest BCUT2D eigenvalue weighted by molar-refractivity contribution is 0.397. The van der Waals surface area contributed by atoms with Crippen molar-refractivity contribution in [3.63, 3.8) is 0 Å². The van der Waals surface area contributed by atoms with Gasteiger partial charge in [0.2, 0.25) is 0 Å². The Labute approximate surface area is 66.0 Å². The van der Waals surface area contributed by atoms with Crippen LogP contribution in [0.4, 0.5) is 0 Å². The number of rotatable bonds is 5. The zero-order chi connectivity index (χ0) is 7.98. The standard InChI is InChI=1S/C10H20/c1-5-7-8-10(6-2)9(3)4/h9-10H,5,7-8H2,1-4H3. The van der Waals surface area contributed by atoms with Gasteiger partial charge in [0.25, 0.3) is 0 Å². The van der Waals surface area contributed by atoms with E-state index in [1.807, 2.05) is 0 Å². The average Bonchev–Trinajstić information content (AvgIpc) is 1.89. The normalized spacial score (nSPS) is 14.1. The molecule has 0 saturated carbocycles. The molecule has 0 aromatic heterocycles. The summed E-state index contributed by atoms with van der Waals surface area (Å²) >= 11 is 0. The molecule has 0 N–H and O–H groups in total. The Kier molecular flexibility index (Phi) is 5.76. The van der Waals surface area contributed by atoms with Gasteiger partial charge in [-0.05, 0) is 24.7 Å². The highest BCUT2D eigenvalue weighted by Gasteiger charge is 2.09. The van der Waals surface area contributed by atoms with Gasteiger partial charge in [0.15, 0.2) is 0 Å². The third kappa shape index (κ3) is 3.92. The van der Waals surface area contributed by atoms with Crippen molar-refractivity contribution in [2.75, 3.05) is 0 Å². The van der Waals surface area contributed by atoms with Crippen LogP contribution in [0.25, 0.3) is 0 Å².